The third kappa shape index (κ3) is 4.20. The monoisotopic (exact) mass is 451 g/mol. The van der Waals surface area contributed by atoms with Gasteiger partial charge in [0, 0.05) is 19.0 Å². The van der Waals surface area contributed by atoms with Gasteiger partial charge in [0.05, 0.1) is 29.8 Å². The number of fused-ring (bicyclic) bond motifs is 1. The van der Waals surface area contributed by atoms with Gasteiger partial charge in [-0.1, -0.05) is 36.0 Å². The van der Waals surface area contributed by atoms with Crippen LogP contribution in [0, 0.1) is 0 Å². The molecule has 0 radical (unpaired) electrons. The number of amides is 2. The number of rotatable bonds is 6. The fourth-order valence-corrected chi connectivity index (χ4v) is 4.73. The van der Waals surface area contributed by atoms with E-state index in [-0.39, 0.29) is 30.0 Å². The number of carbonyl (C=O) groups excluding carboxylic acids is 2. The number of ether oxygens (including phenoxy) is 1. The number of nitrogens with zero attached hydrogens (tertiary/aromatic N) is 4. The second kappa shape index (κ2) is 9.44. The number of hydrogen-bond acceptors (Lipinski definition) is 6. The molecule has 1 aliphatic rings. The largest absolute Gasteiger partial charge is 0.496 e. The van der Waals surface area contributed by atoms with Crippen LogP contribution in [0.25, 0.3) is 11.4 Å². The summed E-state index contributed by atoms with van der Waals surface area (Å²) in [5.74, 6) is 1.41. The van der Waals surface area contributed by atoms with E-state index in [4.69, 9.17) is 4.74 Å². The molecule has 32 heavy (non-hydrogen) atoms. The van der Waals surface area contributed by atoms with Crippen molar-refractivity contribution in [1.82, 2.24) is 14.8 Å². The smallest absolute Gasteiger partial charge is 0.237 e. The maximum atomic E-state index is 13.3. The quantitative estimate of drug-likeness (QED) is 0.573. The van der Waals surface area contributed by atoms with E-state index in [0.717, 1.165) is 11.3 Å². The topological polar surface area (TPSA) is 89.4 Å². The van der Waals surface area contributed by atoms with Crippen molar-refractivity contribution >= 4 is 35.0 Å². The van der Waals surface area contributed by atoms with Crippen LogP contribution in [0.4, 0.5) is 11.4 Å². The Morgan fingerprint density at radius 1 is 1.19 bits per heavy atom. The second-order valence-corrected chi connectivity index (χ2v) is 8.36. The zero-order valence-corrected chi connectivity index (χ0v) is 19.1. The van der Waals surface area contributed by atoms with Gasteiger partial charge in [0.1, 0.15) is 5.75 Å². The molecule has 1 aromatic heterocycles. The molecule has 166 valence electrons. The standard InChI is InChI=1S/C23H25N5O3S/c1-4-27-22(16-9-5-8-12-19(16)31-3)25-26-23(27)32-14-21(30)28-15(2)13-20(29)24-17-10-6-7-11-18(17)28/h5-12,15H,4,13-14H2,1-3H3,(H,24,29). The van der Waals surface area contributed by atoms with Crippen LogP contribution in [0.3, 0.4) is 0 Å². The lowest BCUT2D eigenvalue weighted by atomic mass is 10.2. The van der Waals surface area contributed by atoms with Gasteiger partial charge in [0.2, 0.25) is 11.8 Å². The summed E-state index contributed by atoms with van der Waals surface area (Å²) in [5, 5.41) is 12.2. The molecule has 1 unspecified atom stereocenters. The molecule has 2 amide bonds. The summed E-state index contributed by atoms with van der Waals surface area (Å²) in [7, 11) is 1.62. The predicted octanol–water partition coefficient (Wildman–Crippen LogP) is 3.83. The van der Waals surface area contributed by atoms with Crippen LogP contribution in [-0.2, 0) is 16.1 Å². The zero-order chi connectivity index (χ0) is 22.7. The number of hydrogen-bond donors (Lipinski definition) is 1. The third-order valence-electron chi connectivity index (χ3n) is 5.33. The molecule has 2 aromatic carbocycles. The normalized spacial score (nSPS) is 15.7. The second-order valence-electron chi connectivity index (χ2n) is 7.42. The first-order chi connectivity index (χ1) is 15.5. The minimum Gasteiger partial charge on any atom is -0.496 e. The molecular weight excluding hydrogens is 426 g/mol. The molecule has 9 heteroatoms. The number of aromatic nitrogens is 3. The zero-order valence-electron chi connectivity index (χ0n) is 18.2. The molecule has 1 atom stereocenters. The highest BCUT2D eigenvalue weighted by molar-refractivity contribution is 7.99. The van der Waals surface area contributed by atoms with E-state index in [1.165, 1.54) is 11.8 Å². The molecule has 0 bridgehead atoms. The summed E-state index contributed by atoms with van der Waals surface area (Å²) in [6.45, 7) is 4.55. The first-order valence-corrected chi connectivity index (χ1v) is 11.4. The third-order valence-corrected chi connectivity index (χ3v) is 6.29. The number of nitrogens with one attached hydrogen (secondary N) is 1. The van der Waals surface area contributed by atoms with Gasteiger partial charge in [-0.25, -0.2) is 0 Å². The van der Waals surface area contributed by atoms with E-state index in [2.05, 4.69) is 15.5 Å². The van der Waals surface area contributed by atoms with Gasteiger partial charge >= 0.3 is 0 Å². The molecule has 8 nitrogen and oxygen atoms in total. The summed E-state index contributed by atoms with van der Waals surface area (Å²) < 4.78 is 7.44. The lowest BCUT2D eigenvalue weighted by Gasteiger charge is -2.27. The highest BCUT2D eigenvalue weighted by atomic mass is 32.2. The van der Waals surface area contributed by atoms with E-state index >= 15 is 0 Å². The van der Waals surface area contributed by atoms with E-state index in [1.807, 2.05) is 66.9 Å². The fourth-order valence-electron chi connectivity index (χ4n) is 3.87. The Bertz CT molecular complexity index is 1150. The van der Waals surface area contributed by atoms with Crippen LogP contribution in [0.15, 0.2) is 53.7 Å². The van der Waals surface area contributed by atoms with Gasteiger partial charge < -0.3 is 19.5 Å². The first-order valence-electron chi connectivity index (χ1n) is 10.4. The molecule has 0 aliphatic carbocycles. The predicted molar refractivity (Wildman–Crippen MR) is 125 cm³/mol. The number of thioether (sulfide) groups is 1. The summed E-state index contributed by atoms with van der Waals surface area (Å²) in [6.07, 6.45) is 0.244. The van der Waals surface area contributed by atoms with Gasteiger partial charge in [0.15, 0.2) is 11.0 Å². The molecule has 2 heterocycles. The molecule has 1 N–H and O–H groups in total. The molecular formula is C23H25N5O3S. The Kier molecular flexibility index (Phi) is 6.45. The number of methoxy groups -OCH3 is 1. The number of para-hydroxylation sites is 3. The molecule has 4 rings (SSSR count). The van der Waals surface area contributed by atoms with Crippen molar-refractivity contribution in [2.75, 3.05) is 23.1 Å². The van der Waals surface area contributed by atoms with Crippen LogP contribution in [0.2, 0.25) is 0 Å². The van der Waals surface area contributed by atoms with E-state index in [1.54, 1.807) is 12.0 Å². The van der Waals surface area contributed by atoms with Crippen LogP contribution in [-0.4, -0.2) is 45.5 Å². The molecule has 0 saturated carbocycles. The van der Waals surface area contributed by atoms with Gasteiger partial charge in [-0.05, 0) is 38.1 Å². The highest BCUT2D eigenvalue weighted by Gasteiger charge is 2.30. The molecule has 0 fully saturated rings. The minimum absolute atomic E-state index is 0.0871. The minimum atomic E-state index is -0.250. The summed E-state index contributed by atoms with van der Waals surface area (Å²) in [5.41, 5.74) is 2.21. The first kappa shape index (κ1) is 21.9. The Labute approximate surface area is 191 Å². The van der Waals surface area contributed by atoms with Crippen LogP contribution in [0.1, 0.15) is 20.3 Å². The Hall–Kier alpha value is -3.33. The average molecular weight is 452 g/mol. The van der Waals surface area contributed by atoms with Crippen molar-refractivity contribution in [3.8, 4) is 17.1 Å². The highest BCUT2D eigenvalue weighted by Crippen LogP contribution is 2.33. The maximum Gasteiger partial charge on any atom is 0.237 e. The van der Waals surface area contributed by atoms with Crippen LogP contribution in [0.5, 0.6) is 5.75 Å². The van der Waals surface area contributed by atoms with Crippen molar-refractivity contribution < 1.29 is 14.3 Å². The Balaban J connectivity index is 1.57. The van der Waals surface area contributed by atoms with Gasteiger partial charge in [0.25, 0.3) is 0 Å². The lowest BCUT2D eigenvalue weighted by Crippen LogP contribution is -2.40. The average Bonchev–Trinajstić information content (AvgIpc) is 3.15. The van der Waals surface area contributed by atoms with Gasteiger partial charge in [-0.3, -0.25) is 9.59 Å². The number of carbonyl (C=O) groups is 2. The summed E-state index contributed by atoms with van der Waals surface area (Å²) >= 11 is 1.34. The molecule has 0 spiro atoms. The summed E-state index contributed by atoms with van der Waals surface area (Å²) in [4.78, 5) is 27.2. The lowest BCUT2D eigenvalue weighted by molar-refractivity contribution is -0.117. The van der Waals surface area contributed by atoms with Crippen molar-refractivity contribution in [1.29, 1.82) is 0 Å². The van der Waals surface area contributed by atoms with E-state index in [9.17, 15) is 9.59 Å². The van der Waals surface area contributed by atoms with Crippen molar-refractivity contribution in [3.63, 3.8) is 0 Å². The van der Waals surface area contributed by atoms with Crippen molar-refractivity contribution in [3.05, 3.63) is 48.5 Å². The van der Waals surface area contributed by atoms with Crippen LogP contribution >= 0.6 is 11.8 Å². The molecule has 1 aliphatic heterocycles. The van der Waals surface area contributed by atoms with Crippen molar-refractivity contribution in [2.24, 2.45) is 0 Å². The number of benzene rings is 2. The fraction of sp³-hybridized carbons (Fsp3) is 0.304. The summed E-state index contributed by atoms with van der Waals surface area (Å²) in [6, 6.07) is 14.8. The SMILES string of the molecule is CCn1c(SCC(=O)N2c3ccccc3NC(=O)CC2C)nnc1-c1ccccc1OC. The Morgan fingerprint density at radius 2 is 1.94 bits per heavy atom. The van der Waals surface area contributed by atoms with Crippen LogP contribution < -0.4 is 15.0 Å². The Morgan fingerprint density at radius 3 is 2.72 bits per heavy atom. The van der Waals surface area contributed by atoms with Crippen molar-refractivity contribution in [2.45, 2.75) is 38.0 Å². The van der Waals surface area contributed by atoms with E-state index < -0.39 is 0 Å². The maximum absolute atomic E-state index is 13.3. The van der Waals surface area contributed by atoms with Gasteiger partial charge in [-0.2, -0.15) is 0 Å². The van der Waals surface area contributed by atoms with E-state index in [0.29, 0.717) is 28.9 Å². The molecule has 0 saturated heterocycles. The van der Waals surface area contributed by atoms with Gasteiger partial charge in [-0.15, -0.1) is 10.2 Å². The molecule has 3 aromatic rings. The number of anilines is 2.